The second-order valence-corrected chi connectivity index (χ2v) is 4.98. The molecule has 1 aliphatic rings. The van der Waals surface area contributed by atoms with Crippen molar-refractivity contribution in [3.05, 3.63) is 54.1 Å². The zero-order valence-electron chi connectivity index (χ0n) is 11.4. The fourth-order valence-corrected chi connectivity index (χ4v) is 2.73. The average molecular weight is 253 g/mol. The predicted molar refractivity (Wildman–Crippen MR) is 78.4 cm³/mol. The van der Waals surface area contributed by atoms with Gasteiger partial charge in [-0.25, -0.2) is 0 Å². The molecule has 1 heterocycles. The zero-order chi connectivity index (χ0) is 13.2. The largest absolute Gasteiger partial charge is 0.488 e. The molecule has 1 aliphatic heterocycles. The van der Waals surface area contributed by atoms with Gasteiger partial charge in [-0.05, 0) is 36.7 Å². The molecule has 0 aliphatic carbocycles. The number of hydrogen-bond acceptors (Lipinski definition) is 2. The summed E-state index contributed by atoms with van der Waals surface area (Å²) in [4.78, 5) is 0. The summed E-state index contributed by atoms with van der Waals surface area (Å²) in [5.74, 6) is 1.01. The molecule has 0 saturated carbocycles. The Balaban J connectivity index is 2.00. The molecule has 0 fully saturated rings. The number of nitrogens with one attached hydrogen (secondary N) is 1. The second kappa shape index (κ2) is 5.06. The highest BCUT2D eigenvalue weighted by molar-refractivity contribution is 5.66. The number of likely N-dealkylation sites (N-methyl/N-ethyl adjacent to an activating group) is 1. The van der Waals surface area contributed by atoms with Crippen molar-refractivity contribution in [1.29, 1.82) is 0 Å². The van der Waals surface area contributed by atoms with Gasteiger partial charge in [-0.15, -0.1) is 0 Å². The van der Waals surface area contributed by atoms with E-state index in [1.807, 2.05) is 6.07 Å². The minimum atomic E-state index is 0.195. The van der Waals surface area contributed by atoms with Crippen LogP contribution in [0, 0.1) is 0 Å². The SMILES string of the molecule is CCNC1c2cc(-c3ccccc3)ccc2OC1C. The van der Waals surface area contributed by atoms with Gasteiger partial charge in [-0.1, -0.05) is 43.3 Å². The van der Waals surface area contributed by atoms with Crippen LogP contribution in [0.2, 0.25) is 0 Å². The topological polar surface area (TPSA) is 21.3 Å². The van der Waals surface area contributed by atoms with E-state index >= 15 is 0 Å². The van der Waals surface area contributed by atoms with E-state index in [0.29, 0.717) is 6.04 Å². The maximum Gasteiger partial charge on any atom is 0.124 e. The Morgan fingerprint density at radius 2 is 1.84 bits per heavy atom. The molecule has 0 spiro atoms. The highest BCUT2D eigenvalue weighted by Crippen LogP contribution is 2.38. The molecule has 1 N–H and O–H groups in total. The molecular weight excluding hydrogens is 234 g/mol. The van der Waals surface area contributed by atoms with Gasteiger partial charge in [0, 0.05) is 5.56 Å². The highest BCUT2D eigenvalue weighted by Gasteiger charge is 2.30. The van der Waals surface area contributed by atoms with Crippen LogP contribution in [0.3, 0.4) is 0 Å². The van der Waals surface area contributed by atoms with Crippen molar-refractivity contribution in [1.82, 2.24) is 5.32 Å². The van der Waals surface area contributed by atoms with Crippen molar-refractivity contribution >= 4 is 0 Å². The normalized spacial score (nSPS) is 20.9. The molecule has 0 aromatic heterocycles. The van der Waals surface area contributed by atoms with Crippen LogP contribution in [-0.2, 0) is 0 Å². The van der Waals surface area contributed by atoms with E-state index in [4.69, 9.17) is 4.74 Å². The lowest BCUT2D eigenvalue weighted by Crippen LogP contribution is -2.28. The molecule has 0 amide bonds. The first-order chi connectivity index (χ1) is 9.29. The first-order valence-electron chi connectivity index (χ1n) is 6.89. The summed E-state index contributed by atoms with van der Waals surface area (Å²) in [6.45, 7) is 5.20. The van der Waals surface area contributed by atoms with Gasteiger partial charge in [0.25, 0.3) is 0 Å². The number of benzene rings is 2. The van der Waals surface area contributed by atoms with E-state index in [-0.39, 0.29) is 6.10 Å². The van der Waals surface area contributed by atoms with Gasteiger partial charge in [0.1, 0.15) is 11.9 Å². The summed E-state index contributed by atoms with van der Waals surface area (Å²) in [7, 11) is 0. The standard InChI is InChI=1S/C17H19NO/c1-3-18-17-12(2)19-16-10-9-14(11-15(16)17)13-7-5-4-6-8-13/h4-12,17-18H,3H2,1-2H3. The van der Waals surface area contributed by atoms with Gasteiger partial charge in [0.15, 0.2) is 0 Å². The lowest BCUT2D eigenvalue weighted by Gasteiger charge is -2.15. The summed E-state index contributed by atoms with van der Waals surface area (Å²) in [6, 6.07) is 17.2. The van der Waals surface area contributed by atoms with Gasteiger partial charge in [0.05, 0.1) is 6.04 Å². The van der Waals surface area contributed by atoms with Crippen molar-refractivity contribution in [2.45, 2.75) is 26.0 Å². The van der Waals surface area contributed by atoms with Crippen LogP contribution in [0.1, 0.15) is 25.5 Å². The molecule has 19 heavy (non-hydrogen) atoms. The summed E-state index contributed by atoms with van der Waals surface area (Å²) in [5.41, 5.74) is 3.77. The van der Waals surface area contributed by atoms with E-state index in [2.05, 4.69) is 61.6 Å². The van der Waals surface area contributed by atoms with Crippen LogP contribution in [0.15, 0.2) is 48.5 Å². The van der Waals surface area contributed by atoms with Crippen LogP contribution in [0.25, 0.3) is 11.1 Å². The Hall–Kier alpha value is -1.80. The van der Waals surface area contributed by atoms with E-state index in [0.717, 1.165) is 12.3 Å². The Bertz CT molecular complexity index is 565. The average Bonchev–Trinajstić information content (AvgIpc) is 2.76. The molecule has 2 nitrogen and oxygen atoms in total. The van der Waals surface area contributed by atoms with Crippen LogP contribution < -0.4 is 10.1 Å². The third kappa shape index (κ3) is 2.24. The number of hydrogen-bond donors (Lipinski definition) is 1. The predicted octanol–water partition coefficient (Wildman–Crippen LogP) is 3.79. The van der Waals surface area contributed by atoms with Gasteiger partial charge in [-0.3, -0.25) is 0 Å². The summed E-state index contributed by atoms with van der Waals surface area (Å²) in [6.07, 6.45) is 0.195. The molecular formula is C17H19NO. The molecule has 2 aromatic carbocycles. The van der Waals surface area contributed by atoms with Gasteiger partial charge >= 0.3 is 0 Å². The van der Waals surface area contributed by atoms with Crippen molar-refractivity contribution in [3.8, 4) is 16.9 Å². The number of rotatable bonds is 3. The minimum absolute atomic E-state index is 0.195. The van der Waals surface area contributed by atoms with Crippen LogP contribution in [0.5, 0.6) is 5.75 Å². The fraction of sp³-hybridized carbons (Fsp3) is 0.294. The van der Waals surface area contributed by atoms with Crippen molar-refractivity contribution < 1.29 is 4.74 Å². The van der Waals surface area contributed by atoms with E-state index in [1.54, 1.807) is 0 Å². The monoisotopic (exact) mass is 253 g/mol. The van der Waals surface area contributed by atoms with Gasteiger partial charge < -0.3 is 10.1 Å². The van der Waals surface area contributed by atoms with E-state index in [9.17, 15) is 0 Å². The molecule has 0 saturated heterocycles. The second-order valence-electron chi connectivity index (χ2n) is 4.98. The third-order valence-corrected chi connectivity index (χ3v) is 3.66. The molecule has 0 bridgehead atoms. The van der Waals surface area contributed by atoms with Crippen molar-refractivity contribution in [2.24, 2.45) is 0 Å². The lowest BCUT2D eigenvalue weighted by molar-refractivity contribution is 0.211. The first-order valence-corrected chi connectivity index (χ1v) is 6.89. The highest BCUT2D eigenvalue weighted by atomic mass is 16.5. The molecule has 2 heteroatoms. The van der Waals surface area contributed by atoms with Crippen LogP contribution in [0.4, 0.5) is 0 Å². The summed E-state index contributed by atoms with van der Waals surface area (Å²) >= 11 is 0. The Kier molecular flexibility index (Phi) is 3.26. The Morgan fingerprint density at radius 3 is 2.58 bits per heavy atom. The van der Waals surface area contributed by atoms with Crippen molar-refractivity contribution in [2.75, 3.05) is 6.54 Å². The Morgan fingerprint density at radius 1 is 1.05 bits per heavy atom. The Labute approximate surface area is 114 Å². The number of fused-ring (bicyclic) bond motifs is 1. The van der Waals surface area contributed by atoms with Crippen LogP contribution >= 0.6 is 0 Å². The molecule has 3 rings (SSSR count). The lowest BCUT2D eigenvalue weighted by atomic mass is 9.98. The van der Waals surface area contributed by atoms with Gasteiger partial charge in [0.2, 0.25) is 0 Å². The molecule has 0 radical (unpaired) electrons. The minimum Gasteiger partial charge on any atom is -0.488 e. The van der Waals surface area contributed by atoms with E-state index < -0.39 is 0 Å². The summed E-state index contributed by atoms with van der Waals surface area (Å²) in [5, 5.41) is 3.50. The first kappa shape index (κ1) is 12.2. The maximum absolute atomic E-state index is 5.90. The maximum atomic E-state index is 5.90. The molecule has 2 atom stereocenters. The van der Waals surface area contributed by atoms with E-state index in [1.165, 1.54) is 16.7 Å². The smallest absolute Gasteiger partial charge is 0.124 e. The molecule has 98 valence electrons. The quantitative estimate of drug-likeness (QED) is 0.898. The van der Waals surface area contributed by atoms with Gasteiger partial charge in [-0.2, -0.15) is 0 Å². The summed E-state index contributed by atoms with van der Waals surface area (Å²) < 4.78 is 5.90. The third-order valence-electron chi connectivity index (χ3n) is 3.66. The fourth-order valence-electron chi connectivity index (χ4n) is 2.73. The number of ether oxygens (including phenoxy) is 1. The van der Waals surface area contributed by atoms with Crippen LogP contribution in [-0.4, -0.2) is 12.6 Å². The van der Waals surface area contributed by atoms with Crippen molar-refractivity contribution in [3.63, 3.8) is 0 Å². The molecule has 2 unspecified atom stereocenters. The molecule has 2 aromatic rings. The zero-order valence-corrected chi connectivity index (χ0v) is 11.4.